The molecule has 0 aliphatic carbocycles. The summed E-state index contributed by atoms with van der Waals surface area (Å²) >= 11 is 0. The number of carbonyl (C=O) groups is 1. The smallest absolute Gasteiger partial charge is 0.254 e. The van der Waals surface area contributed by atoms with Crippen LogP contribution in [0.5, 0.6) is 0 Å². The van der Waals surface area contributed by atoms with Crippen molar-refractivity contribution in [1.82, 2.24) is 10.2 Å². The van der Waals surface area contributed by atoms with Crippen LogP contribution in [0.25, 0.3) is 0 Å². The van der Waals surface area contributed by atoms with Gasteiger partial charge >= 0.3 is 0 Å². The number of hydrogen-bond donors (Lipinski definition) is 1. The Morgan fingerprint density at radius 2 is 2.25 bits per heavy atom. The molecule has 3 nitrogen and oxygen atoms in total. The van der Waals surface area contributed by atoms with Crippen LogP contribution < -0.4 is 5.32 Å². The third-order valence-electron chi connectivity index (χ3n) is 4.08. The lowest BCUT2D eigenvalue weighted by molar-refractivity contribution is 0.0645. The van der Waals surface area contributed by atoms with E-state index in [-0.39, 0.29) is 11.7 Å². The number of hydrogen-bond acceptors (Lipinski definition) is 2. The molecule has 0 spiro atoms. The number of likely N-dealkylation sites (tertiary alicyclic amines) is 1. The summed E-state index contributed by atoms with van der Waals surface area (Å²) in [6.07, 6.45) is 0.973. The van der Waals surface area contributed by atoms with E-state index >= 15 is 0 Å². The molecule has 4 heteroatoms. The Morgan fingerprint density at radius 3 is 2.85 bits per heavy atom. The van der Waals surface area contributed by atoms with E-state index in [1.165, 1.54) is 12.1 Å². The zero-order valence-corrected chi connectivity index (χ0v) is 12.4. The van der Waals surface area contributed by atoms with Crippen LogP contribution in [0.1, 0.15) is 36.2 Å². The molecule has 0 aromatic heterocycles. The van der Waals surface area contributed by atoms with Crippen LogP contribution in [0.15, 0.2) is 18.2 Å². The van der Waals surface area contributed by atoms with Gasteiger partial charge in [0.1, 0.15) is 5.82 Å². The van der Waals surface area contributed by atoms with Crippen molar-refractivity contribution in [3.63, 3.8) is 0 Å². The first-order chi connectivity index (χ1) is 9.52. The van der Waals surface area contributed by atoms with E-state index in [2.05, 4.69) is 19.2 Å². The highest BCUT2D eigenvalue weighted by atomic mass is 19.1. The highest BCUT2D eigenvalue weighted by Gasteiger charge is 2.29. The lowest BCUT2D eigenvalue weighted by Crippen LogP contribution is -2.50. The summed E-state index contributed by atoms with van der Waals surface area (Å²) in [4.78, 5) is 14.4. The maximum Gasteiger partial charge on any atom is 0.254 e. The van der Waals surface area contributed by atoms with Gasteiger partial charge in [-0.2, -0.15) is 0 Å². The molecule has 110 valence electrons. The fourth-order valence-electron chi connectivity index (χ4n) is 2.93. The van der Waals surface area contributed by atoms with E-state index in [1.54, 1.807) is 13.0 Å². The molecule has 1 fully saturated rings. The Kier molecular flexibility index (Phi) is 4.76. The first-order valence-corrected chi connectivity index (χ1v) is 7.31. The molecule has 1 N–H and O–H groups in total. The number of carbonyl (C=O) groups excluding carboxylic acids is 1. The second-order valence-electron chi connectivity index (χ2n) is 5.64. The highest BCUT2D eigenvalue weighted by molar-refractivity contribution is 5.95. The molecule has 0 saturated carbocycles. The zero-order chi connectivity index (χ0) is 14.7. The van der Waals surface area contributed by atoms with Crippen molar-refractivity contribution in [2.75, 3.05) is 19.6 Å². The summed E-state index contributed by atoms with van der Waals surface area (Å²) in [5.41, 5.74) is 1.32. The van der Waals surface area contributed by atoms with Crippen molar-refractivity contribution in [3.05, 3.63) is 35.1 Å². The van der Waals surface area contributed by atoms with Crippen LogP contribution in [0.3, 0.4) is 0 Å². The van der Waals surface area contributed by atoms with E-state index in [4.69, 9.17) is 0 Å². The Balaban J connectivity index is 2.07. The summed E-state index contributed by atoms with van der Waals surface area (Å²) in [7, 11) is 0. The molecule has 20 heavy (non-hydrogen) atoms. The van der Waals surface area contributed by atoms with Crippen molar-refractivity contribution in [2.45, 2.75) is 33.2 Å². The Bertz CT molecular complexity index is 489. The molecule has 0 bridgehead atoms. The van der Waals surface area contributed by atoms with E-state index in [0.29, 0.717) is 23.1 Å². The van der Waals surface area contributed by atoms with Gasteiger partial charge in [-0.15, -0.1) is 0 Å². The first kappa shape index (κ1) is 15.0. The molecule has 1 heterocycles. The maximum absolute atomic E-state index is 13.1. The average Bonchev–Trinajstić information content (AvgIpc) is 2.40. The minimum Gasteiger partial charge on any atom is -0.338 e. The lowest BCUT2D eigenvalue weighted by atomic mass is 9.93. The topological polar surface area (TPSA) is 32.3 Å². The van der Waals surface area contributed by atoms with Crippen LogP contribution >= 0.6 is 0 Å². The van der Waals surface area contributed by atoms with Gasteiger partial charge in [0.2, 0.25) is 0 Å². The predicted molar refractivity (Wildman–Crippen MR) is 78.3 cm³/mol. The molecule has 1 aromatic carbocycles. The van der Waals surface area contributed by atoms with Crippen molar-refractivity contribution < 1.29 is 9.18 Å². The Morgan fingerprint density at radius 1 is 1.50 bits per heavy atom. The van der Waals surface area contributed by atoms with Gasteiger partial charge in [0.25, 0.3) is 5.91 Å². The molecule has 2 atom stereocenters. The second-order valence-corrected chi connectivity index (χ2v) is 5.64. The average molecular weight is 278 g/mol. The largest absolute Gasteiger partial charge is 0.338 e. The fraction of sp³-hybridized carbons (Fsp3) is 0.562. The summed E-state index contributed by atoms with van der Waals surface area (Å²) < 4.78 is 13.1. The molecule has 0 radical (unpaired) electrons. The van der Waals surface area contributed by atoms with Gasteiger partial charge < -0.3 is 10.2 Å². The Hall–Kier alpha value is -1.42. The molecule has 1 saturated heterocycles. The van der Waals surface area contributed by atoms with Gasteiger partial charge in [0.15, 0.2) is 0 Å². The SMILES string of the molecule is CCNC1CCN(C(=O)c2ccc(F)cc2C)CC1C. The van der Waals surface area contributed by atoms with E-state index in [0.717, 1.165) is 26.1 Å². The normalized spacial score (nSPS) is 22.9. The van der Waals surface area contributed by atoms with E-state index in [1.807, 2.05) is 4.90 Å². The summed E-state index contributed by atoms with van der Waals surface area (Å²) in [6.45, 7) is 8.53. The van der Waals surface area contributed by atoms with Gasteiger partial charge in [-0.05, 0) is 49.6 Å². The van der Waals surface area contributed by atoms with Crippen molar-refractivity contribution in [2.24, 2.45) is 5.92 Å². The van der Waals surface area contributed by atoms with Crippen molar-refractivity contribution in [1.29, 1.82) is 0 Å². The molecule has 1 aliphatic heterocycles. The number of rotatable bonds is 3. The van der Waals surface area contributed by atoms with E-state index in [9.17, 15) is 9.18 Å². The zero-order valence-electron chi connectivity index (χ0n) is 12.4. The van der Waals surface area contributed by atoms with Crippen molar-refractivity contribution in [3.8, 4) is 0 Å². The molecule has 2 rings (SSSR count). The molecule has 1 aliphatic rings. The minimum atomic E-state index is -0.293. The van der Waals surface area contributed by atoms with Gasteiger partial charge in [0.05, 0.1) is 0 Å². The molecule has 2 unspecified atom stereocenters. The summed E-state index contributed by atoms with van der Waals surface area (Å²) in [6, 6.07) is 4.85. The Labute approximate surface area is 120 Å². The van der Waals surface area contributed by atoms with E-state index < -0.39 is 0 Å². The monoisotopic (exact) mass is 278 g/mol. The number of halogens is 1. The summed E-state index contributed by atoms with van der Waals surface area (Å²) in [5, 5.41) is 3.46. The maximum atomic E-state index is 13.1. The highest BCUT2D eigenvalue weighted by Crippen LogP contribution is 2.20. The molecular formula is C16H23FN2O. The van der Waals surface area contributed by atoms with Gasteiger partial charge in [-0.1, -0.05) is 13.8 Å². The fourth-order valence-corrected chi connectivity index (χ4v) is 2.93. The van der Waals surface area contributed by atoms with Gasteiger partial charge in [-0.25, -0.2) is 4.39 Å². The van der Waals surface area contributed by atoms with Crippen molar-refractivity contribution >= 4 is 5.91 Å². The number of nitrogens with zero attached hydrogens (tertiary/aromatic N) is 1. The number of aryl methyl sites for hydroxylation is 1. The van der Waals surface area contributed by atoms with Crippen LogP contribution in [0.4, 0.5) is 4.39 Å². The van der Waals surface area contributed by atoms with Gasteiger partial charge in [-0.3, -0.25) is 4.79 Å². The second kappa shape index (κ2) is 6.35. The molecule has 1 aromatic rings. The number of benzene rings is 1. The third kappa shape index (κ3) is 3.18. The standard InChI is InChI=1S/C16H23FN2O/c1-4-18-15-7-8-19(10-12(15)3)16(20)14-6-5-13(17)9-11(14)2/h5-6,9,12,15,18H,4,7-8,10H2,1-3H3. The van der Waals surface area contributed by atoms with Crippen LogP contribution in [-0.4, -0.2) is 36.5 Å². The lowest BCUT2D eigenvalue weighted by Gasteiger charge is -2.37. The van der Waals surface area contributed by atoms with Gasteiger partial charge in [0, 0.05) is 24.7 Å². The van der Waals surface area contributed by atoms with Crippen LogP contribution in [0, 0.1) is 18.7 Å². The predicted octanol–water partition coefficient (Wildman–Crippen LogP) is 2.59. The summed E-state index contributed by atoms with van der Waals surface area (Å²) in [5.74, 6) is 0.163. The molecular weight excluding hydrogens is 255 g/mol. The quantitative estimate of drug-likeness (QED) is 0.921. The van der Waals surface area contributed by atoms with Crippen LogP contribution in [-0.2, 0) is 0 Å². The first-order valence-electron chi connectivity index (χ1n) is 7.31. The third-order valence-corrected chi connectivity index (χ3v) is 4.08. The number of nitrogens with one attached hydrogen (secondary N) is 1. The number of amides is 1. The van der Waals surface area contributed by atoms with Crippen LogP contribution in [0.2, 0.25) is 0 Å². The number of piperidine rings is 1. The minimum absolute atomic E-state index is 0.0179. The molecule has 1 amide bonds.